The highest BCUT2D eigenvalue weighted by atomic mass is 32.2. The van der Waals surface area contributed by atoms with E-state index in [0.29, 0.717) is 29.6 Å². The van der Waals surface area contributed by atoms with Crippen molar-refractivity contribution in [1.29, 1.82) is 0 Å². The number of hydrogen-bond donors (Lipinski definition) is 2. The standard InChI is InChI=1S/C12H20N2O2S/c1-3-17(15,16)12-7-5-4-6-11(12)14-9-10(2)8-13/h4-7,10,14H,3,8-9,13H2,1-2H3. The van der Waals surface area contributed by atoms with Crippen molar-refractivity contribution in [2.45, 2.75) is 18.7 Å². The minimum atomic E-state index is -3.18. The van der Waals surface area contributed by atoms with Crippen LogP contribution in [0.1, 0.15) is 13.8 Å². The Labute approximate surface area is 103 Å². The number of nitrogens with one attached hydrogen (secondary N) is 1. The summed E-state index contributed by atoms with van der Waals surface area (Å²) >= 11 is 0. The molecule has 0 aliphatic heterocycles. The second kappa shape index (κ2) is 6.02. The predicted octanol–water partition coefficient (Wildman–Crippen LogP) is 1.49. The molecule has 0 aromatic heterocycles. The average Bonchev–Trinajstić information content (AvgIpc) is 2.36. The molecule has 0 bridgehead atoms. The summed E-state index contributed by atoms with van der Waals surface area (Å²) in [6.07, 6.45) is 0. The van der Waals surface area contributed by atoms with Crippen LogP contribution in [0.4, 0.5) is 5.69 Å². The summed E-state index contributed by atoms with van der Waals surface area (Å²) in [7, 11) is -3.18. The maximum Gasteiger partial charge on any atom is 0.180 e. The van der Waals surface area contributed by atoms with Gasteiger partial charge in [0.25, 0.3) is 0 Å². The second-order valence-electron chi connectivity index (χ2n) is 4.12. The van der Waals surface area contributed by atoms with Crippen molar-refractivity contribution in [2.24, 2.45) is 11.7 Å². The number of rotatable bonds is 6. The van der Waals surface area contributed by atoms with E-state index in [2.05, 4.69) is 5.32 Å². The largest absolute Gasteiger partial charge is 0.384 e. The summed E-state index contributed by atoms with van der Waals surface area (Å²) in [5.74, 6) is 0.422. The molecule has 0 radical (unpaired) electrons. The van der Waals surface area contributed by atoms with E-state index in [0.717, 1.165) is 0 Å². The zero-order valence-electron chi connectivity index (χ0n) is 10.3. The van der Waals surface area contributed by atoms with Crippen LogP contribution in [0.3, 0.4) is 0 Å². The molecule has 0 aliphatic rings. The second-order valence-corrected chi connectivity index (χ2v) is 6.37. The third kappa shape index (κ3) is 3.71. The molecule has 1 atom stereocenters. The number of nitrogens with two attached hydrogens (primary N) is 1. The lowest BCUT2D eigenvalue weighted by atomic mass is 10.2. The van der Waals surface area contributed by atoms with Crippen molar-refractivity contribution < 1.29 is 8.42 Å². The lowest BCUT2D eigenvalue weighted by molar-refractivity contribution is 0.596. The molecule has 96 valence electrons. The smallest absolute Gasteiger partial charge is 0.180 e. The minimum Gasteiger partial charge on any atom is -0.384 e. The van der Waals surface area contributed by atoms with Gasteiger partial charge in [-0.15, -0.1) is 0 Å². The van der Waals surface area contributed by atoms with E-state index < -0.39 is 9.84 Å². The zero-order valence-corrected chi connectivity index (χ0v) is 11.1. The van der Waals surface area contributed by atoms with E-state index in [1.807, 2.05) is 13.0 Å². The molecule has 5 heteroatoms. The molecule has 0 fully saturated rings. The molecule has 0 aliphatic carbocycles. The van der Waals surface area contributed by atoms with Crippen molar-refractivity contribution in [3.8, 4) is 0 Å². The molecule has 0 amide bonds. The van der Waals surface area contributed by atoms with E-state index in [1.165, 1.54) is 0 Å². The molecule has 1 rings (SSSR count). The Hall–Kier alpha value is -1.07. The monoisotopic (exact) mass is 256 g/mol. The molecule has 0 saturated carbocycles. The Balaban J connectivity index is 2.93. The van der Waals surface area contributed by atoms with Crippen molar-refractivity contribution in [3.05, 3.63) is 24.3 Å². The lowest BCUT2D eigenvalue weighted by Crippen LogP contribution is -2.20. The third-order valence-corrected chi connectivity index (χ3v) is 4.43. The van der Waals surface area contributed by atoms with Crippen LogP contribution in [0.2, 0.25) is 0 Å². The molecule has 4 nitrogen and oxygen atoms in total. The molecule has 0 saturated heterocycles. The first-order valence-electron chi connectivity index (χ1n) is 5.77. The zero-order chi connectivity index (χ0) is 12.9. The summed E-state index contributed by atoms with van der Waals surface area (Å²) in [6, 6.07) is 6.98. The first kappa shape index (κ1) is 14.0. The van der Waals surface area contributed by atoms with Gasteiger partial charge in [0.2, 0.25) is 0 Å². The van der Waals surface area contributed by atoms with Gasteiger partial charge in [-0.3, -0.25) is 0 Å². The molecular weight excluding hydrogens is 236 g/mol. The Bertz CT molecular complexity index is 457. The highest BCUT2D eigenvalue weighted by Crippen LogP contribution is 2.22. The first-order chi connectivity index (χ1) is 8.01. The first-order valence-corrected chi connectivity index (χ1v) is 7.42. The van der Waals surface area contributed by atoms with Crippen LogP contribution < -0.4 is 11.1 Å². The van der Waals surface area contributed by atoms with Crippen LogP contribution in [0, 0.1) is 5.92 Å². The van der Waals surface area contributed by atoms with Gasteiger partial charge in [-0.1, -0.05) is 26.0 Å². The van der Waals surface area contributed by atoms with E-state index in [-0.39, 0.29) is 5.75 Å². The fraction of sp³-hybridized carbons (Fsp3) is 0.500. The van der Waals surface area contributed by atoms with Gasteiger partial charge >= 0.3 is 0 Å². The molecule has 1 aromatic rings. The molecule has 1 aromatic carbocycles. The summed E-state index contributed by atoms with van der Waals surface area (Å²) in [6.45, 7) is 4.92. The van der Waals surface area contributed by atoms with E-state index >= 15 is 0 Å². The predicted molar refractivity (Wildman–Crippen MR) is 70.9 cm³/mol. The topological polar surface area (TPSA) is 72.2 Å². The number of para-hydroxylation sites is 1. The molecule has 0 spiro atoms. The van der Waals surface area contributed by atoms with Crippen LogP contribution in [-0.2, 0) is 9.84 Å². The van der Waals surface area contributed by atoms with Crippen LogP contribution in [0.25, 0.3) is 0 Å². The normalized spacial score (nSPS) is 13.4. The van der Waals surface area contributed by atoms with Crippen LogP contribution >= 0.6 is 0 Å². The summed E-state index contributed by atoms with van der Waals surface area (Å²) < 4.78 is 23.7. The fourth-order valence-electron chi connectivity index (χ4n) is 1.41. The van der Waals surface area contributed by atoms with Gasteiger partial charge in [-0.2, -0.15) is 0 Å². The number of benzene rings is 1. The van der Waals surface area contributed by atoms with E-state index in [1.54, 1.807) is 25.1 Å². The maximum absolute atomic E-state index is 11.9. The van der Waals surface area contributed by atoms with Gasteiger partial charge in [0.1, 0.15) is 0 Å². The lowest BCUT2D eigenvalue weighted by Gasteiger charge is -2.14. The maximum atomic E-state index is 11.9. The van der Waals surface area contributed by atoms with Crippen molar-refractivity contribution in [1.82, 2.24) is 0 Å². The van der Waals surface area contributed by atoms with Crippen molar-refractivity contribution >= 4 is 15.5 Å². The van der Waals surface area contributed by atoms with Gasteiger partial charge in [-0.05, 0) is 24.6 Å². The van der Waals surface area contributed by atoms with E-state index in [4.69, 9.17) is 5.73 Å². The summed E-state index contributed by atoms with van der Waals surface area (Å²) in [5.41, 5.74) is 6.19. The van der Waals surface area contributed by atoms with Gasteiger partial charge < -0.3 is 11.1 Å². The molecule has 17 heavy (non-hydrogen) atoms. The Morgan fingerprint density at radius 2 is 2.00 bits per heavy atom. The van der Waals surface area contributed by atoms with Gasteiger partial charge in [0, 0.05) is 6.54 Å². The molecule has 0 heterocycles. The Kier molecular flexibility index (Phi) is 4.96. The van der Waals surface area contributed by atoms with Crippen molar-refractivity contribution in [3.63, 3.8) is 0 Å². The van der Waals surface area contributed by atoms with Gasteiger partial charge in [-0.25, -0.2) is 8.42 Å². The minimum absolute atomic E-state index is 0.109. The highest BCUT2D eigenvalue weighted by Gasteiger charge is 2.15. The van der Waals surface area contributed by atoms with Crippen molar-refractivity contribution in [2.75, 3.05) is 24.2 Å². The van der Waals surface area contributed by atoms with Gasteiger partial charge in [0.15, 0.2) is 9.84 Å². The van der Waals surface area contributed by atoms with Crippen LogP contribution in [-0.4, -0.2) is 27.3 Å². The average molecular weight is 256 g/mol. The molecule has 3 N–H and O–H groups in total. The third-order valence-electron chi connectivity index (χ3n) is 2.65. The Morgan fingerprint density at radius 3 is 2.59 bits per heavy atom. The fourth-order valence-corrected chi connectivity index (χ4v) is 2.48. The summed E-state index contributed by atoms with van der Waals surface area (Å²) in [4.78, 5) is 0.367. The highest BCUT2D eigenvalue weighted by molar-refractivity contribution is 7.91. The number of sulfone groups is 1. The quantitative estimate of drug-likeness (QED) is 0.809. The SMILES string of the molecule is CCS(=O)(=O)c1ccccc1NCC(C)CN. The number of hydrogen-bond acceptors (Lipinski definition) is 4. The summed E-state index contributed by atoms with van der Waals surface area (Å²) in [5, 5.41) is 3.15. The number of anilines is 1. The van der Waals surface area contributed by atoms with Gasteiger partial charge in [0.05, 0.1) is 16.3 Å². The van der Waals surface area contributed by atoms with Crippen LogP contribution in [0.15, 0.2) is 29.2 Å². The molecule has 1 unspecified atom stereocenters. The molecular formula is C12H20N2O2S. The Morgan fingerprint density at radius 1 is 1.35 bits per heavy atom. The van der Waals surface area contributed by atoms with E-state index in [9.17, 15) is 8.42 Å². The van der Waals surface area contributed by atoms with Crippen LogP contribution in [0.5, 0.6) is 0 Å².